The molecule has 0 atom stereocenters. The molecule has 0 spiro atoms. The fraction of sp³-hybridized carbons (Fsp3) is 0.158. The Morgan fingerprint density at radius 1 is 1.04 bits per heavy atom. The highest BCUT2D eigenvalue weighted by Gasteiger charge is 2.06. The van der Waals surface area contributed by atoms with Crippen LogP contribution in [0.4, 0.5) is 5.82 Å². The third kappa shape index (κ3) is 4.57. The Kier molecular flexibility index (Phi) is 5.65. The molecule has 0 aliphatic carbocycles. The minimum atomic E-state index is 0.651. The second-order valence-electron chi connectivity index (χ2n) is 5.76. The summed E-state index contributed by atoms with van der Waals surface area (Å²) in [4.78, 5) is 10.2. The van der Waals surface area contributed by atoms with Crippen molar-refractivity contribution < 1.29 is 0 Å². The molecule has 0 amide bonds. The van der Waals surface area contributed by atoms with Gasteiger partial charge in [-0.3, -0.25) is 11.3 Å². The number of benzene rings is 2. The molecular formula is C19H21N5S. The number of fused-ring (bicyclic) bond motifs is 1. The maximum absolute atomic E-state index is 5.34. The van der Waals surface area contributed by atoms with Crippen molar-refractivity contribution in [2.75, 3.05) is 18.4 Å². The van der Waals surface area contributed by atoms with E-state index in [1.807, 2.05) is 42.5 Å². The average molecular weight is 351 g/mol. The van der Waals surface area contributed by atoms with E-state index in [9.17, 15) is 0 Å². The van der Waals surface area contributed by atoms with Gasteiger partial charge in [-0.25, -0.2) is 9.97 Å². The molecule has 0 unspecified atom stereocenters. The molecule has 0 bridgehead atoms. The van der Waals surface area contributed by atoms with Gasteiger partial charge in [0, 0.05) is 23.4 Å². The number of hydrogen-bond acceptors (Lipinski definition) is 6. The van der Waals surface area contributed by atoms with Crippen molar-refractivity contribution >= 4 is 41.5 Å². The monoisotopic (exact) mass is 351 g/mol. The van der Waals surface area contributed by atoms with Crippen molar-refractivity contribution in [3.63, 3.8) is 0 Å². The van der Waals surface area contributed by atoms with Crippen LogP contribution in [0.2, 0.25) is 0 Å². The van der Waals surface area contributed by atoms with E-state index in [4.69, 9.17) is 5.84 Å². The first-order valence-electron chi connectivity index (χ1n) is 8.08. The molecule has 6 heteroatoms. The van der Waals surface area contributed by atoms with Crippen LogP contribution in [-0.4, -0.2) is 23.1 Å². The molecule has 4 N–H and O–H groups in total. The number of hydrogen-bond donors (Lipinski definition) is 4. The van der Waals surface area contributed by atoms with Crippen molar-refractivity contribution in [2.24, 2.45) is 5.84 Å². The molecule has 0 saturated heterocycles. The molecule has 3 aromatic rings. The third-order valence-electron chi connectivity index (χ3n) is 3.75. The van der Waals surface area contributed by atoms with Crippen LogP contribution in [0, 0.1) is 6.92 Å². The fourth-order valence-corrected chi connectivity index (χ4v) is 2.63. The Bertz CT molecular complexity index is 890. The lowest BCUT2D eigenvalue weighted by Crippen LogP contribution is -2.28. The second-order valence-corrected chi connectivity index (χ2v) is 6.27. The average Bonchev–Trinajstić information content (AvgIpc) is 2.62. The quantitative estimate of drug-likeness (QED) is 0.237. The van der Waals surface area contributed by atoms with Crippen molar-refractivity contribution in [3.05, 3.63) is 59.4 Å². The molecule has 1 heterocycles. The molecule has 5 nitrogen and oxygen atoms in total. The summed E-state index contributed by atoms with van der Waals surface area (Å²) in [5.74, 6) is 6.82. The Morgan fingerprint density at radius 3 is 2.60 bits per heavy atom. The van der Waals surface area contributed by atoms with E-state index in [1.54, 1.807) is 0 Å². The Balaban J connectivity index is 1.94. The predicted octanol–water partition coefficient (Wildman–Crippen LogP) is 3.27. The lowest BCUT2D eigenvalue weighted by Gasteiger charge is -2.10. The predicted molar refractivity (Wildman–Crippen MR) is 108 cm³/mol. The zero-order valence-electron chi connectivity index (χ0n) is 14.0. The summed E-state index contributed by atoms with van der Waals surface area (Å²) in [6.45, 7) is 3.39. The summed E-state index contributed by atoms with van der Waals surface area (Å²) >= 11 is 4.30. The molecule has 25 heavy (non-hydrogen) atoms. The van der Waals surface area contributed by atoms with Crippen molar-refractivity contribution in [2.45, 2.75) is 11.8 Å². The van der Waals surface area contributed by atoms with E-state index in [-0.39, 0.29) is 0 Å². The maximum atomic E-state index is 5.34. The van der Waals surface area contributed by atoms with Gasteiger partial charge in [0.25, 0.3) is 0 Å². The van der Waals surface area contributed by atoms with Crippen LogP contribution in [0.5, 0.6) is 0 Å². The van der Waals surface area contributed by atoms with E-state index in [2.05, 4.69) is 52.4 Å². The highest BCUT2D eigenvalue weighted by molar-refractivity contribution is 7.80. The van der Waals surface area contributed by atoms with Crippen LogP contribution >= 0.6 is 12.6 Å². The largest absolute Gasteiger partial charge is 0.368 e. The number of thiol groups is 1. The van der Waals surface area contributed by atoms with Gasteiger partial charge >= 0.3 is 0 Å². The fourth-order valence-electron chi connectivity index (χ4n) is 2.48. The van der Waals surface area contributed by atoms with E-state index in [0.29, 0.717) is 18.9 Å². The second kappa shape index (κ2) is 8.11. The Morgan fingerprint density at radius 2 is 1.84 bits per heavy atom. The topological polar surface area (TPSA) is 75.9 Å². The van der Waals surface area contributed by atoms with Gasteiger partial charge in [-0.2, -0.15) is 0 Å². The minimum absolute atomic E-state index is 0.651. The molecule has 0 aliphatic heterocycles. The standard InChI is InChI=1S/C19H21N5S/c1-13-2-8-17-16(12-13)19(21-10-11-22-20)24-18(23-17)9-5-14-3-6-15(25)7-4-14/h2-9,12,22,25H,10-11,20H2,1H3,(H,21,23,24)/b9-5+. The van der Waals surface area contributed by atoms with Crippen molar-refractivity contribution in [1.82, 2.24) is 15.4 Å². The first-order chi connectivity index (χ1) is 12.2. The third-order valence-corrected chi connectivity index (χ3v) is 4.05. The molecule has 0 fully saturated rings. The van der Waals surface area contributed by atoms with Gasteiger partial charge in [0.05, 0.1) is 5.52 Å². The number of aryl methyl sites for hydroxylation is 1. The number of hydrazine groups is 1. The molecule has 0 aliphatic rings. The smallest absolute Gasteiger partial charge is 0.154 e. The molecule has 0 radical (unpaired) electrons. The summed E-state index contributed by atoms with van der Waals surface area (Å²) in [6, 6.07) is 14.1. The Labute approximate surface area is 152 Å². The lowest BCUT2D eigenvalue weighted by molar-refractivity contribution is 0.752. The van der Waals surface area contributed by atoms with E-state index >= 15 is 0 Å². The van der Waals surface area contributed by atoms with Gasteiger partial charge in [0.1, 0.15) is 5.82 Å². The molecule has 3 rings (SSSR count). The van der Waals surface area contributed by atoms with Gasteiger partial charge in [-0.15, -0.1) is 12.6 Å². The molecule has 0 saturated carbocycles. The minimum Gasteiger partial charge on any atom is -0.368 e. The van der Waals surface area contributed by atoms with Crippen LogP contribution in [0.25, 0.3) is 23.1 Å². The number of anilines is 1. The van der Waals surface area contributed by atoms with E-state index in [0.717, 1.165) is 27.2 Å². The van der Waals surface area contributed by atoms with Crippen LogP contribution in [-0.2, 0) is 0 Å². The molecular weight excluding hydrogens is 330 g/mol. The summed E-state index contributed by atoms with van der Waals surface area (Å²) in [5.41, 5.74) is 5.80. The van der Waals surface area contributed by atoms with Gasteiger partial charge in [0.2, 0.25) is 0 Å². The number of nitrogens with zero attached hydrogens (tertiary/aromatic N) is 2. The van der Waals surface area contributed by atoms with Crippen LogP contribution in [0.1, 0.15) is 17.0 Å². The first-order valence-corrected chi connectivity index (χ1v) is 8.53. The number of aromatic nitrogens is 2. The van der Waals surface area contributed by atoms with Gasteiger partial charge < -0.3 is 5.32 Å². The summed E-state index contributed by atoms with van der Waals surface area (Å²) in [7, 11) is 0. The van der Waals surface area contributed by atoms with Crippen LogP contribution in [0.3, 0.4) is 0 Å². The molecule has 128 valence electrons. The Hall–Kier alpha value is -2.41. The lowest BCUT2D eigenvalue weighted by atomic mass is 10.1. The van der Waals surface area contributed by atoms with E-state index in [1.165, 1.54) is 5.56 Å². The maximum Gasteiger partial charge on any atom is 0.154 e. The van der Waals surface area contributed by atoms with Crippen molar-refractivity contribution in [1.29, 1.82) is 0 Å². The summed E-state index contributed by atoms with van der Waals surface area (Å²) in [5, 5.41) is 4.33. The number of nitrogens with one attached hydrogen (secondary N) is 2. The normalized spacial score (nSPS) is 11.3. The summed E-state index contributed by atoms with van der Waals surface area (Å²) in [6.07, 6.45) is 3.91. The summed E-state index contributed by atoms with van der Waals surface area (Å²) < 4.78 is 0. The highest BCUT2D eigenvalue weighted by Crippen LogP contribution is 2.22. The van der Waals surface area contributed by atoms with Gasteiger partial charge in [0.15, 0.2) is 5.82 Å². The SMILES string of the molecule is Cc1ccc2nc(/C=C/c3ccc(S)cc3)nc(NCCNN)c2c1. The van der Waals surface area contributed by atoms with Crippen LogP contribution < -0.4 is 16.6 Å². The van der Waals surface area contributed by atoms with Crippen molar-refractivity contribution in [3.8, 4) is 0 Å². The van der Waals surface area contributed by atoms with Gasteiger partial charge in [-0.1, -0.05) is 29.8 Å². The van der Waals surface area contributed by atoms with Gasteiger partial charge in [-0.05, 0) is 42.8 Å². The molecule has 2 aromatic carbocycles. The van der Waals surface area contributed by atoms with E-state index < -0.39 is 0 Å². The van der Waals surface area contributed by atoms with Crippen LogP contribution in [0.15, 0.2) is 47.4 Å². The highest BCUT2D eigenvalue weighted by atomic mass is 32.1. The zero-order chi connectivity index (χ0) is 17.6. The first kappa shape index (κ1) is 17.4. The molecule has 1 aromatic heterocycles. The number of rotatable bonds is 6. The zero-order valence-corrected chi connectivity index (χ0v) is 14.9. The number of nitrogens with two attached hydrogens (primary N) is 1.